The minimum atomic E-state index is -1.54. The molecule has 20 heavy (non-hydrogen) atoms. The van der Waals surface area contributed by atoms with Crippen molar-refractivity contribution < 1.29 is 23.5 Å². The van der Waals surface area contributed by atoms with Gasteiger partial charge in [0.25, 0.3) is 0 Å². The monoisotopic (exact) mass is 286 g/mol. The highest BCUT2D eigenvalue weighted by Gasteiger charge is 2.16. The molecule has 0 spiro atoms. The Labute approximate surface area is 115 Å². The summed E-state index contributed by atoms with van der Waals surface area (Å²) >= 11 is 0. The molecule has 1 unspecified atom stereocenters. The van der Waals surface area contributed by atoms with Crippen LogP contribution in [-0.4, -0.2) is 23.7 Å². The highest BCUT2D eigenvalue weighted by Crippen LogP contribution is 2.19. The summed E-state index contributed by atoms with van der Waals surface area (Å²) in [4.78, 5) is 22.3. The summed E-state index contributed by atoms with van der Waals surface area (Å²) in [6.07, 6.45) is 0.869. The van der Waals surface area contributed by atoms with Gasteiger partial charge in [-0.3, -0.25) is 0 Å². The van der Waals surface area contributed by atoms with Gasteiger partial charge in [0.15, 0.2) is 0 Å². The van der Waals surface area contributed by atoms with Crippen LogP contribution in [-0.2, 0) is 0 Å². The summed E-state index contributed by atoms with van der Waals surface area (Å²) in [7, 11) is 0. The number of amides is 2. The van der Waals surface area contributed by atoms with E-state index < -0.39 is 29.2 Å². The number of carbonyl (C=O) groups excluding carboxylic acids is 1. The molecule has 0 aliphatic rings. The van der Waals surface area contributed by atoms with E-state index in [2.05, 4.69) is 10.6 Å². The molecule has 0 aromatic heterocycles. The van der Waals surface area contributed by atoms with Crippen molar-refractivity contribution in [2.24, 2.45) is 5.92 Å². The normalized spacial score (nSPS) is 11.8. The van der Waals surface area contributed by atoms with Gasteiger partial charge in [0.05, 0.1) is 11.3 Å². The van der Waals surface area contributed by atoms with Gasteiger partial charge in [-0.2, -0.15) is 0 Å². The second-order valence-electron chi connectivity index (χ2n) is 4.47. The number of nitrogens with one attached hydrogen (secondary N) is 2. The first-order valence-corrected chi connectivity index (χ1v) is 6.12. The van der Waals surface area contributed by atoms with Gasteiger partial charge < -0.3 is 15.7 Å². The molecule has 0 saturated heterocycles. The van der Waals surface area contributed by atoms with Gasteiger partial charge in [0.1, 0.15) is 11.6 Å². The second-order valence-corrected chi connectivity index (χ2v) is 4.47. The predicted octanol–water partition coefficient (Wildman–Crippen LogP) is 2.83. The van der Waals surface area contributed by atoms with Crippen LogP contribution in [0.1, 0.15) is 30.6 Å². The predicted molar refractivity (Wildman–Crippen MR) is 69.8 cm³/mol. The van der Waals surface area contributed by atoms with Crippen molar-refractivity contribution in [3.05, 3.63) is 29.3 Å². The van der Waals surface area contributed by atoms with E-state index in [0.29, 0.717) is 12.6 Å². The van der Waals surface area contributed by atoms with Gasteiger partial charge >= 0.3 is 12.0 Å². The third-order valence-electron chi connectivity index (χ3n) is 2.84. The molecule has 1 atom stereocenters. The average molecular weight is 286 g/mol. The van der Waals surface area contributed by atoms with Gasteiger partial charge in [-0.15, -0.1) is 0 Å². The zero-order valence-corrected chi connectivity index (χ0v) is 11.2. The molecule has 3 N–H and O–H groups in total. The van der Waals surface area contributed by atoms with E-state index in [-0.39, 0.29) is 11.6 Å². The highest BCUT2D eigenvalue weighted by molar-refractivity contribution is 5.93. The van der Waals surface area contributed by atoms with Crippen LogP contribution >= 0.6 is 0 Å². The number of carboxylic acid groups (broad SMARTS) is 1. The maximum atomic E-state index is 13.4. The third-order valence-corrected chi connectivity index (χ3v) is 2.84. The maximum Gasteiger partial charge on any atom is 0.338 e. The van der Waals surface area contributed by atoms with Crippen molar-refractivity contribution in [2.45, 2.75) is 20.3 Å². The Balaban J connectivity index is 2.79. The minimum absolute atomic E-state index is 0.258. The number of urea groups is 1. The van der Waals surface area contributed by atoms with Crippen LogP contribution in [0.4, 0.5) is 19.3 Å². The first kappa shape index (κ1) is 15.9. The fraction of sp³-hybridized carbons (Fsp3) is 0.385. The summed E-state index contributed by atoms with van der Waals surface area (Å²) in [6.45, 7) is 4.29. The SMILES string of the molecule is CCC(C)CNC(=O)Nc1cc(C(=O)O)c(F)cc1F. The first-order chi connectivity index (χ1) is 9.35. The lowest BCUT2D eigenvalue weighted by Crippen LogP contribution is -2.32. The Morgan fingerprint density at radius 3 is 2.50 bits per heavy atom. The molecule has 1 aromatic rings. The van der Waals surface area contributed by atoms with Crippen molar-refractivity contribution in [3.63, 3.8) is 0 Å². The van der Waals surface area contributed by atoms with E-state index in [4.69, 9.17) is 5.11 Å². The van der Waals surface area contributed by atoms with Crippen molar-refractivity contribution >= 4 is 17.7 Å². The number of carboxylic acids is 1. The summed E-state index contributed by atoms with van der Waals surface area (Å²) in [5.41, 5.74) is -1.09. The smallest absolute Gasteiger partial charge is 0.338 e. The standard InChI is InChI=1S/C13H16F2N2O3/c1-3-7(2)6-16-13(20)17-11-4-8(12(18)19)9(14)5-10(11)15/h4-5,7H,3,6H2,1-2H3,(H,18,19)(H2,16,17,20). The van der Waals surface area contributed by atoms with Crippen LogP contribution in [0.5, 0.6) is 0 Å². The number of carbonyl (C=O) groups is 2. The zero-order valence-electron chi connectivity index (χ0n) is 11.2. The summed E-state index contributed by atoms with van der Waals surface area (Å²) in [6, 6.07) is 0.496. The van der Waals surface area contributed by atoms with Crippen LogP contribution in [0.3, 0.4) is 0 Å². The lowest BCUT2D eigenvalue weighted by atomic mass is 10.1. The molecule has 0 fully saturated rings. The number of hydrogen-bond acceptors (Lipinski definition) is 2. The summed E-state index contributed by atoms with van der Waals surface area (Å²) < 4.78 is 26.6. The van der Waals surface area contributed by atoms with Gasteiger partial charge in [0, 0.05) is 12.6 Å². The van der Waals surface area contributed by atoms with E-state index in [1.807, 2.05) is 13.8 Å². The van der Waals surface area contributed by atoms with E-state index in [0.717, 1.165) is 12.5 Å². The molecule has 0 aliphatic heterocycles. The second kappa shape index (κ2) is 6.83. The number of rotatable bonds is 5. The van der Waals surface area contributed by atoms with Crippen molar-refractivity contribution in [2.75, 3.05) is 11.9 Å². The van der Waals surface area contributed by atoms with Crippen LogP contribution in [0.15, 0.2) is 12.1 Å². The quantitative estimate of drug-likeness (QED) is 0.778. The lowest BCUT2D eigenvalue weighted by Gasteiger charge is -2.12. The number of hydrogen-bond donors (Lipinski definition) is 3. The number of aromatic carboxylic acids is 1. The fourth-order valence-corrected chi connectivity index (χ4v) is 1.39. The molecule has 1 rings (SSSR count). The molecule has 5 nitrogen and oxygen atoms in total. The van der Waals surface area contributed by atoms with E-state index in [9.17, 15) is 18.4 Å². The lowest BCUT2D eigenvalue weighted by molar-refractivity contribution is 0.0692. The topological polar surface area (TPSA) is 78.4 Å². The molecular weight excluding hydrogens is 270 g/mol. The summed E-state index contributed by atoms with van der Waals surface area (Å²) in [5.74, 6) is -3.51. The van der Waals surface area contributed by atoms with Crippen molar-refractivity contribution in [3.8, 4) is 0 Å². The van der Waals surface area contributed by atoms with E-state index >= 15 is 0 Å². The number of anilines is 1. The molecule has 0 saturated carbocycles. The Hall–Kier alpha value is -2.18. The third kappa shape index (κ3) is 4.18. The molecule has 1 aromatic carbocycles. The molecule has 0 bridgehead atoms. The molecule has 0 aliphatic carbocycles. The number of halogens is 2. The summed E-state index contributed by atoms with van der Waals surface area (Å²) in [5, 5.41) is 13.4. The van der Waals surface area contributed by atoms with Gasteiger partial charge in [0.2, 0.25) is 0 Å². The molecule has 0 heterocycles. The van der Waals surface area contributed by atoms with Gasteiger partial charge in [-0.05, 0) is 12.0 Å². The van der Waals surface area contributed by atoms with Crippen molar-refractivity contribution in [1.82, 2.24) is 5.32 Å². The van der Waals surface area contributed by atoms with E-state index in [1.165, 1.54) is 0 Å². The largest absolute Gasteiger partial charge is 0.478 e. The Morgan fingerprint density at radius 2 is 1.95 bits per heavy atom. The molecule has 7 heteroatoms. The van der Waals surface area contributed by atoms with Crippen LogP contribution in [0, 0.1) is 17.6 Å². The highest BCUT2D eigenvalue weighted by atomic mass is 19.1. The Kier molecular flexibility index (Phi) is 5.42. The fourth-order valence-electron chi connectivity index (χ4n) is 1.39. The van der Waals surface area contributed by atoms with Crippen molar-refractivity contribution in [1.29, 1.82) is 0 Å². The minimum Gasteiger partial charge on any atom is -0.478 e. The Bertz CT molecular complexity index is 521. The van der Waals surface area contributed by atoms with E-state index in [1.54, 1.807) is 0 Å². The molecule has 110 valence electrons. The Morgan fingerprint density at radius 1 is 1.30 bits per heavy atom. The molecule has 2 amide bonds. The number of benzene rings is 1. The van der Waals surface area contributed by atoms with Gasteiger partial charge in [-0.25, -0.2) is 18.4 Å². The van der Waals surface area contributed by atoms with Gasteiger partial charge in [-0.1, -0.05) is 20.3 Å². The van der Waals surface area contributed by atoms with Crippen LogP contribution in [0.25, 0.3) is 0 Å². The molecular formula is C13H16F2N2O3. The first-order valence-electron chi connectivity index (χ1n) is 6.12. The zero-order chi connectivity index (χ0) is 15.3. The maximum absolute atomic E-state index is 13.4. The average Bonchev–Trinajstić information content (AvgIpc) is 2.38. The van der Waals surface area contributed by atoms with Crippen LogP contribution < -0.4 is 10.6 Å². The molecule has 0 radical (unpaired) electrons. The van der Waals surface area contributed by atoms with Crippen LogP contribution in [0.2, 0.25) is 0 Å².